The molecule has 0 fully saturated rings. The van der Waals surface area contributed by atoms with E-state index in [-0.39, 0.29) is 12.4 Å². The van der Waals surface area contributed by atoms with E-state index >= 15 is 0 Å². The van der Waals surface area contributed by atoms with Crippen LogP contribution >= 0.6 is 22.9 Å². The van der Waals surface area contributed by atoms with Gasteiger partial charge in [-0.2, -0.15) is 5.10 Å². The molecule has 7 heteroatoms. The van der Waals surface area contributed by atoms with Gasteiger partial charge in [0, 0.05) is 22.4 Å². The summed E-state index contributed by atoms with van der Waals surface area (Å²) in [6.07, 6.45) is 2.98. The molecule has 3 aromatic rings. The molecular formula is C21H19ClN2O3S. The standard InChI is InChI=1S/C21H19ClN2O3S/c1-14-17(9-10-21(26)27-13-19(25)20-8-5-11-28-20)15(2)24(23-14)12-16-6-3-4-7-18(16)22/h3-11H,12-13H2,1-2H3/b10-9+. The molecule has 0 saturated heterocycles. The van der Waals surface area contributed by atoms with Crippen LogP contribution in [0.4, 0.5) is 0 Å². The Morgan fingerprint density at radius 1 is 1.21 bits per heavy atom. The number of carbonyl (C=O) groups is 2. The van der Waals surface area contributed by atoms with Gasteiger partial charge in [0.1, 0.15) is 0 Å². The van der Waals surface area contributed by atoms with E-state index < -0.39 is 5.97 Å². The lowest BCUT2D eigenvalue weighted by Crippen LogP contribution is -2.11. The van der Waals surface area contributed by atoms with E-state index in [2.05, 4.69) is 5.10 Å². The number of esters is 1. The highest BCUT2D eigenvalue weighted by Gasteiger charge is 2.12. The van der Waals surface area contributed by atoms with Crippen LogP contribution in [0.2, 0.25) is 5.02 Å². The van der Waals surface area contributed by atoms with Gasteiger partial charge in [-0.1, -0.05) is 35.9 Å². The lowest BCUT2D eigenvalue weighted by molar-refractivity contribution is -0.136. The molecular weight excluding hydrogens is 396 g/mol. The van der Waals surface area contributed by atoms with Crippen LogP contribution in [-0.4, -0.2) is 28.1 Å². The highest BCUT2D eigenvalue weighted by molar-refractivity contribution is 7.12. The van der Waals surface area contributed by atoms with Crippen LogP contribution in [-0.2, 0) is 16.1 Å². The number of aromatic nitrogens is 2. The Balaban J connectivity index is 1.65. The summed E-state index contributed by atoms with van der Waals surface area (Å²) in [4.78, 5) is 24.4. The van der Waals surface area contributed by atoms with Gasteiger partial charge in [0.05, 0.1) is 17.1 Å². The number of hydrogen-bond acceptors (Lipinski definition) is 5. The Kier molecular flexibility index (Phi) is 6.44. The third kappa shape index (κ3) is 4.77. The van der Waals surface area contributed by atoms with Crippen molar-refractivity contribution in [2.24, 2.45) is 0 Å². The molecule has 0 aliphatic rings. The van der Waals surface area contributed by atoms with E-state index in [1.54, 1.807) is 23.6 Å². The Labute approximate surface area is 172 Å². The van der Waals surface area contributed by atoms with Gasteiger partial charge in [-0.15, -0.1) is 11.3 Å². The Morgan fingerprint density at radius 2 is 2.00 bits per heavy atom. The molecule has 1 aromatic carbocycles. The van der Waals surface area contributed by atoms with Crippen molar-refractivity contribution in [3.8, 4) is 0 Å². The van der Waals surface area contributed by atoms with Crippen molar-refractivity contribution in [1.82, 2.24) is 9.78 Å². The fourth-order valence-electron chi connectivity index (χ4n) is 2.74. The van der Waals surface area contributed by atoms with E-state index in [1.165, 1.54) is 17.4 Å². The number of Topliss-reactive ketones (excluding diaryl/α,β-unsaturated/α-hetero) is 1. The molecule has 0 aliphatic carbocycles. The summed E-state index contributed by atoms with van der Waals surface area (Å²) >= 11 is 7.55. The monoisotopic (exact) mass is 414 g/mol. The summed E-state index contributed by atoms with van der Waals surface area (Å²) in [5, 5.41) is 7.03. The Bertz CT molecular complexity index is 1020. The third-order valence-electron chi connectivity index (χ3n) is 4.24. The molecule has 0 radical (unpaired) electrons. The molecule has 5 nitrogen and oxygen atoms in total. The Morgan fingerprint density at radius 3 is 2.71 bits per heavy atom. The Hall–Kier alpha value is -2.70. The van der Waals surface area contributed by atoms with E-state index in [1.807, 2.05) is 42.8 Å². The van der Waals surface area contributed by atoms with Gasteiger partial charge >= 0.3 is 5.97 Å². The zero-order valence-electron chi connectivity index (χ0n) is 15.5. The summed E-state index contributed by atoms with van der Waals surface area (Å²) in [5.41, 5.74) is 3.52. The van der Waals surface area contributed by atoms with Crippen molar-refractivity contribution in [3.63, 3.8) is 0 Å². The van der Waals surface area contributed by atoms with Crippen molar-refractivity contribution in [1.29, 1.82) is 0 Å². The van der Waals surface area contributed by atoms with Gasteiger partial charge < -0.3 is 4.74 Å². The number of nitrogens with zero attached hydrogens (tertiary/aromatic N) is 2. The van der Waals surface area contributed by atoms with Crippen molar-refractivity contribution in [2.45, 2.75) is 20.4 Å². The minimum Gasteiger partial charge on any atom is -0.454 e. The number of ketones is 1. The number of halogens is 1. The lowest BCUT2D eigenvalue weighted by Gasteiger charge is -2.06. The second-order valence-electron chi connectivity index (χ2n) is 6.18. The maximum Gasteiger partial charge on any atom is 0.331 e. The van der Waals surface area contributed by atoms with E-state index in [4.69, 9.17) is 16.3 Å². The van der Waals surface area contributed by atoms with E-state index in [9.17, 15) is 9.59 Å². The molecule has 3 rings (SSSR count). The van der Waals surface area contributed by atoms with Gasteiger partial charge in [-0.3, -0.25) is 9.48 Å². The average molecular weight is 415 g/mol. The molecule has 0 bridgehead atoms. The van der Waals surface area contributed by atoms with Crippen LogP contribution < -0.4 is 0 Å². The molecule has 0 N–H and O–H groups in total. The van der Waals surface area contributed by atoms with Gasteiger partial charge in [0.15, 0.2) is 6.61 Å². The molecule has 0 atom stereocenters. The minimum absolute atomic E-state index is 0.211. The van der Waals surface area contributed by atoms with E-state index in [0.29, 0.717) is 16.4 Å². The van der Waals surface area contributed by atoms with Gasteiger partial charge in [-0.25, -0.2) is 4.79 Å². The second-order valence-corrected chi connectivity index (χ2v) is 7.53. The summed E-state index contributed by atoms with van der Waals surface area (Å²) in [6, 6.07) is 11.1. The number of ether oxygens (including phenoxy) is 1. The van der Waals surface area contributed by atoms with Crippen LogP contribution in [0.15, 0.2) is 47.9 Å². The second kappa shape index (κ2) is 8.99. The van der Waals surface area contributed by atoms with Crippen molar-refractivity contribution < 1.29 is 14.3 Å². The first-order chi connectivity index (χ1) is 13.5. The molecule has 144 valence electrons. The van der Waals surface area contributed by atoms with Crippen LogP contribution in [0, 0.1) is 13.8 Å². The van der Waals surface area contributed by atoms with Crippen LogP contribution in [0.1, 0.15) is 32.2 Å². The fraction of sp³-hybridized carbons (Fsp3) is 0.190. The van der Waals surface area contributed by atoms with Crippen molar-refractivity contribution >= 4 is 40.8 Å². The molecule has 0 amide bonds. The third-order valence-corrected chi connectivity index (χ3v) is 5.52. The largest absolute Gasteiger partial charge is 0.454 e. The fourth-order valence-corrected chi connectivity index (χ4v) is 3.59. The topological polar surface area (TPSA) is 61.2 Å². The lowest BCUT2D eigenvalue weighted by atomic mass is 10.1. The SMILES string of the molecule is Cc1nn(Cc2ccccc2Cl)c(C)c1/C=C/C(=O)OCC(=O)c1cccs1. The number of benzene rings is 1. The number of aryl methyl sites for hydroxylation is 1. The van der Waals surface area contributed by atoms with Gasteiger partial charge in [0.25, 0.3) is 0 Å². The molecule has 0 aliphatic heterocycles. The van der Waals surface area contributed by atoms with Crippen LogP contribution in [0.25, 0.3) is 6.08 Å². The minimum atomic E-state index is -0.567. The quantitative estimate of drug-likeness (QED) is 0.319. The van der Waals surface area contributed by atoms with Gasteiger partial charge in [-0.05, 0) is 43.0 Å². The first-order valence-corrected chi connectivity index (χ1v) is 9.90. The summed E-state index contributed by atoms with van der Waals surface area (Å²) in [6.45, 7) is 4.08. The highest BCUT2D eigenvalue weighted by Crippen LogP contribution is 2.20. The van der Waals surface area contributed by atoms with Crippen LogP contribution in [0.3, 0.4) is 0 Å². The smallest absolute Gasteiger partial charge is 0.331 e. The summed E-state index contributed by atoms with van der Waals surface area (Å²) in [5.74, 6) is -0.778. The molecule has 0 unspecified atom stereocenters. The number of rotatable bonds is 7. The maximum atomic E-state index is 12.0. The average Bonchev–Trinajstić information content (AvgIpc) is 3.30. The predicted octanol–water partition coefficient (Wildman–Crippen LogP) is 4.70. The highest BCUT2D eigenvalue weighted by atomic mass is 35.5. The number of carbonyl (C=O) groups excluding carboxylic acids is 2. The predicted molar refractivity (Wildman–Crippen MR) is 111 cm³/mol. The number of thiophene rings is 1. The summed E-state index contributed by atoms with van der Waals surface area (Å²) < 4.78 is 6.88. The van der Waals surface area contributed by atoms with Crippen molar-refractivity contribution in [2.75, 3.05) is 6.61 Å². The van der Waals surface area contributed by atoms with Crippen molar-refractivity contribution in [3.05, 3.63) is 80.3 Å². The molecule has 28 heavy (non-hydrogen) atoms. The van der Waals surface area contributed by atoms with E-state index in [0.717, 1.165) is 22.5 Å². The molecule has 2 heterocycles. The number of hydrogen-bond donors (Lipinski definition) is 0. The first kappa shape index (κ1) is 20.0. The van der Waals surface area contributed by atoms with Gasteiger partial charge in [0.2, 0.25) is 5.78 Å². The summed E-state index contributed by atoms with van der Waals surface area (Å²) in [7, 11) is 0. The molecule has 0 spiro atoms. The maximum absolute atomic E-state index is 12.0. The first-order valence-electron chi connectivity index (χ1n) is 8.64. The zero-order chi connectivity index (χ0) is 20.1. The van der Waals surface area contributed by atoms with Crippen LogP contribution in [0.5, 0.6) is 0 Å². The normalized spacial score (nSPS) is 11.1. The molecule has 0 saturated carbocycles. The zero-order valence-corrected chi connectivity index (χ0v) is 17.1. The molecule has 2 aromatic heterocycles.